The maximum absolute atomic E-state index is 13.1. The Morgan fingerprint density at radius 1 is 1.02 bits per heavy atom. The molecular formula is C39H50N10O8. The number of nitrogens with one attached hydrogen (secondary N) is 5. The van der Waals surface area contributed by atoms with E-state index < -0.39 is 18.0 Å². The minimum atomic E-state index is -0.658. The van der Waals surface area contributed by atoms with Gasteiger partial charge in [0.1, 0.15) is 11.6 Å². The van der Waals surface area contributed by atoms with Gasteiger partial charge in [0.2, 0.25) is 23.6 Å². The number of imidazole rings is 2. The largest absolute Gasteiger partial charge is 0.471 e. The van der Waals surface area contributed by atoms with Crippen LogP contribution in [0, 0.1) is 11.8 Å². The minimum Gasteiger partial charge on any atom is -0.471 e. The number of aromatic amines is 2. The number of carbonyl (C=O) groups is 6. The molecule has 1 saturated heterocycles. The van der Waals surface area contributed by atoms with Crippen molar-refractivity contribution in [1.29, 1.82) is 0 Å². The molecule has 0 radical (unpaired) electrons. The standard InChI is InChI=1S/C35H41N9O5.C2H5NO.C2H4O2/c1-37-27(19-30(36)45)34(47)44-17-5-6-29(44)33-39-20-28(43-33)24-13-10-22(11-14-24)8-9-23-12-15-25-26(18-23)42-31(41-25)7-3-4-16-38-32(46)21-40-35(48)49-2;1-2(3)4;1-4-2-3/h10-15,18,20,27,29,37H,3-7,16-17,19,21H2,1-2H3,(H2,36,45)(H,38,46)(H,39,43)(H,40,48)(H,41,42);1H3,(H2,3,4);2H,1H3. The molecule has 1 aliphatic rings. The van der Waals surface area contributed by atoms with Crippen molar-refractivity contribution < 1.29 is 38.2 Å². The second kappa shape index (κ2) is 23.2. The number of likely N-dealkylation sites (N-methyl/N-ethyl adjacent to an activating group) is 1. The summed E-state index contributed by atoms with van der Waals surface area (Å²) in [5, 5.41) is 8.01. The maximum atomic E-state index is 13.1. The molecule has 0 saturated carbocycles. The number of methoxy groups -OCH3 is 2. The predicted molar refractivity (Wildman–Crippen MR) is 211 cm³/mol. The van der Waals surface area contributed by atoms with E-state index in [1.165, 1.54) is 21.1 Å². The van der Waals surface area contributed by atoms with Crippen molar-refractivity contribution >= 4 is 47.2 Å². The first-order valence-corrected chi connectivity index (χ1v) is 18.1. The van der Waals surface area contributed by atoms with Crippen LogP contribution in [0.1, 0.15) is 67.8 Å². The SMILES string of the molecule is CC(N)=O.CNC(CC(N)=O)C(=O)N1CCCC1c1ncc(-c2ccc(C#Cc3ccc4nc(CCCCNC(=O)CNC(=O)OC)[nH]c4c3)cc2)[nH]1.COC=O. The first-order valence-electron chi connectivity index (χ1n) is 18.1. The van der Waals surface area contributed by atoms with Crippen LogP contribution in [0.3, 0.4) is 0 Å². The van der Waals surface area contributed by atoms with Crippen LogP contribution in [0.5, 0.6) is 0 Å². The number of H-pyrrole nitrogens is 2. The van der Waals surface area contributed by atoms with Gasteiger partial charge in [0.25, 0.3) is 6.47 Å². The number of alkyl carbamates (subject to hydrolysis) is 1. The molecule has 304 valence electrons. The highest BCUT2D eigenvalue weighted by molar-refractivity contribution is 5.88. The number of carbonyl (C=O) groups excluding carboxylic acids is 6. The summed E-state index contributed by atoms with van der Waals surface area (Å²) < 4.78 is 8.30. The first-order chi connectivity index (χ1) is 27.4. The smallest absolute Gasteiger partial charge is 0.407 e. The molecule has 5 rings (SSSR count). The number of fused-ring (bicyclic) bond motifs is 1. The zero-order chi connectivity index (χ0) is 41.7. The summed E-state index contributed by atoms with van der Waals surface area (Å²) in [5.74, 6) is 6.76. The number of primary amides is 2. The molecule has 0 spiro atoms. The van der Waals surface area contributed by atoms with E-state index in [0.29, 0.717) is 25.4 Å². The van der Waals surface area contributed by atoms with E-state index in [9.17, 15) is 24.0 Å². The van der Waals surface area contributed by atoms with Gasteiger partial charge in [-0.2, -0.15) is 0 Å². The highest BCUT2D eigenvalue weighted by Crippen LogP contribution is 2.32. The Labute approximate surface area is 330 Å². The van der Waals surface area contributed by atoms with Crippen molar-refractivity contribution in [2.24, 2.45) is 11.5 Å². The van der Waals surface area contributed by atoms with Gasteiger partial charge in [-0.25, -0.2) is 14.8 Å². The van der Waals surface area contributed by atoms with Crippen molar-refractivity contribution in [2.45, 2.75) is 57.5 Å². The van der Waals surface area contributed by atoms with E-state index in [2.05, 4.69) is 62.9 Å². The summed E-state index contributed by atoms with van der Waals surface area (Å²) >= 11 is 0. The number of nitrogens with zero attached hydrogens (tertiary/aromatic N) is 3. The van der Waals surface area contributed by atoms with E-state index in [-0.39, 0.29) is 36.7 Å². The molecule has 0 aliphatic carbocycles. The van der Waals surface area contributed by atoms with Crippen molar-refractivity contribution in [3.05, 3.63) is 71.4 Å². The van der Waals surface area contributed by atoms with Gasteiger partial charge in [-0.1, -0.05) is 24.0 Å². The van der Waals surface area contributed by atoms with Gasteiger partial charge in [-0.3, -0.25) is 24.0 Å². The van der Waals surface area contributed by atoms with Gasteiger partial charge >= 0.3 is 6.09 Å². The lowest BCUT2D eigenvalue weighted by Gasteiger charge is -2.27. The fourth-order valence-corrected chi connectivity index (χ4v) is 5.75. The number of hydrogen-bond donors (Lipinski definition) is 7. The molecule has 2 aromatic heterocycles. The number of hydrogen-bond acceptors (Lipinski definition) is 11. The molecule has 9 N–H and O–H groups in total. The zero-order valence-electron chi connectivity index (χ0n) is 32.5. The van der Waals surface area contributed by atoms with Gasteiger partial charge in [0, 0.05) is 37.6 Å². The second-order valence-electron chi connectivity index (χ2n) is 12.7. The fourth-order valence-electron chi connectivity index (χ4n) is 5.75. The number of benzene rings is 2. The van der Waals surface area contributed by atoms with Crippen LogP contribution in [-0.4, -0.2) is 108 Å². The van der Waals surface area contributed by atoms with Gasteiger partial charge in [-0.15, -0.1) is 0 Å². The van der Waals surface area contributed by atoms with Crippen LogP contribution >= 0.6 is 0 Å². The van der Waals surface area contributed by atoms with Crippen LogP contribution < -0.4 is 27.4 Å². The maximum Gasteiger partial charge on any atom is 0.407 e. The summed E-state index contributed by atoms with van der Waals surface area (Å²) in [6, 6.07) is 12.9. The van der Waals surface area contributed by atoms with Gasteiger partial charge < -0.3 is 51.8 Å². The van der Waals surface area contributed by atoms with Crippen LogP contribution in [0.4, 0.5) is 4.79 Å². The first kappa shape index (κ1) is 44.7. The Kier molecular flexibility index (Phi) is 18.2. The number of aryl methyl sites for hydroxylation is 1. The molecule has 1 fully saturated rings. The van der Waals surface area contributed by atoms with Crippen LogP contribution in [0.2, 0.25) is 0 Å². The summed E-state index contributed by atoms with van der Waals surface area (Å²) in [7, 11) is 4.21. The summed E-state index contributed by atoms with van der Waals surface area (Å²) in [6.07, 6.45) is 5.06. The zero-order valence-corrected chi connectivity index (χ0v) is 32.5. The number of aromatic nitrogens is 4. The molecule has 2 unspecified atom stereocenters. The lowest BCUT2D eigenvalue weighted by molar-refractivity contribution is -0.136. The molecule has 2 aromatic carbocycles. The predicted octanol–water partition coefficient (Wildman–Crippen LogP) is 1.56. The monoisotopic (exact) mass is 786 g/mol. The highest BCUT2D eigenvalue weighted by atomic mass is 16.5. The Bertz CT molecular complexity index is 2030. The number of amides is 5. The number of nitrogens with two attached hydrogens (primary N) is 2. The Balaban J connectivity index is 0.000000994. The van der Waals surface area contributed by atoms with E-state index in [0.717, 1.165) is 71.3 Å². The molecule has 3 heterocycles. The van der Waals surface area contributed by atoms with Crippen LogP contribution in [-0.2, 0) is 39.9 Å². The lowest BCUT2D eigenvalue weighted by Crippen LogP contribution is -2.46. The fraction of sp³-hybridized carbons (Fsp3) is 0.385. The summed E-state index contributed by atoms with van der Waals surface area (Å²) in [6.45, 7) is 2.66. The van der Waals surface area contributed by atoms with E-state index in [1.54, 1.807) is 18.1 Å². The normalized spacial score (nSPS) is 13.3. The quantitative estimate of drug-likeness (QED) is 0.0548. The molecular weight excluding hydrogens is 736 g/mol. The molecule has 1 aliphatic heterocycles. The van der Waals surface area contributed by atoms with Crippen molar-refractivity contribution in [2.75, 3.05) is 40.9 Å². The van der Waals surface area contributed by atoms with Crippen LogP contribution in [0.15, 0.2) is 48.7 Å². The van der Waals surface area contributed by atoms with Crippen molar-refractivity contribution in [3.63, 3.8) is 0 Å². The van der Waals surface area contributed by atoms with E-state index in [1.807, 2.05) is 42.5 Å². The molecule has 5 amide bonds. The number of rotatable bonds is 14. The average Bonchev–Trinajstić information content (AvgIpc) is 3.98. The third kappa shape index (κ3) is 14.8. The van der Waals surface area contributed by atoms with Gasteiger partial charge in [0.15, 0.2) is 0 Å². The van der Waals surface area contributed by atoms with Gasteiger partial charge in [-0.05, 0) is 68.6 Å². The molecule has 18 nitrogen and oxygen atoms in total. The van der Waals surface area contributed by atoms with E-state index >= 15 is 0 Å². The number of likely N-dealkylation sites (tertiary alicyclic amines) is 1. The molecule has 4 aromatic rings. The molecule has 0 bridgehead atoms. The number of ether oxygens (including phenoxy) is 2. The third-order valence-corrected chi connectivity index (χ3v) is 8.41. The topological polar surface area (TPSA) is 270 Å². The minimum absolute atomic E-state index is 0.0530. The Morgan fingerprint density at radius 2 is 1.70 bits per heavy atom. The molecule has 2 atom stereocenters. The summed E-state index contributed by atoms with van der Waals surface area (Å²) in [4.78, 5) is 83.3. The van der Waals surface area contributed by atoms with Gasteiger partial charge in [0.05, 0.1) is 62.2 Å². The summed E-state index contributed by atoms with van der Waals surface area (Å²) in [5.41, 5.74) is 15.1. The molecule has 57 heavy (non-hydrogen) atoms. The van der Waals surface area contributed by atoms with E-state index in [4.69, 9.17) is 10.5 Å². The Morgan fingerprint density at radius 3 is 2.35 bits per heavy atom. The van der Waals surface area contributed by atoms with Crippen molar-refractivity contribution in [3.8, 4) is 23.1 Å². The molecule has 18 heteroatoms. The lowest BCUT2D eigenvalue weighted by atomic mass is 10.1. The Hall–Kier alpha value is -6.74. The van der Waals surface area contributed by atoms with Crippen molar-refractivity contribution in [1.82, 2.24) is 40.8 Å². The third-order valence-electron chi connectivity index (χ3n) is 8.41. The second-order valence-corrected chi connectivity index (χ2v) is 12.7. The average molecular weight is 787 g/mol. The number of unbranched alkanes of at least 4 members (excludes halogenated alkanes) is 1. The van der Waals surface area contributed by atoms with Crippen LogP contribution in [0.25, 0.3) is 22.3 Å². The highest BCUT2D eigenvalue weighted by Gasteiger charge is 2.35.